The van der Waals surface area contributed by atoms with E-state index in [0.717, 1.165) is 0 Å². The summed E-state index contributed by atoms with van der Waals surface area (Å²) < 4.78 is 42.8. The molecule has 0 saturated carbocycles. The van der Waals surface area contributed by atoms with Gasteiger partial charge < -0.3 is 10.1 Å². The van der Waals surface area contributed by atoms with Crippen molar-refractivity contribution in [3.05, 3.63) is 60.2 Å². The Morgan fingerprint density at radius 3 is 2.57 bits per heavy atom. The van der Waals surface area contributed by atoms with Crippen molar-refractivity contribution in [1.82, 2.24) is 15.0 Å². The van der Waals surface area contributed by atoms with Crippen molar-refractivity contribution in [2.75, 3.05) is 12.4 Å². The zero-order valence-electron chi connectivity index (χ0n) is 17.2. The van der Waals surface area contributed by atoms with Crippen LogP contribution < -0.4 is 10.1 Å². The van der Waals surface area contributed by atoms with E-state index in [0.29, 0.717) is 28.4 Å². The Kier molecular flexibility index (Phi) is 6.02. The molecular weight excluding hydrogens is 407 g/mol. The standard InChI is InChI=1S/C21H23FN4O3S/c1-21(2,3)30(27,28)12-14-6-5-7-16(10-14)25-20-24-13-23-19(26-20)17-9-8-15(22)11-18(17)29-4/h5-11,13H,12H2,1-4H3,(H,23,24,25,26). The molecule has 158 valence electrons. The number of sulfone groups is 1. The molecule has 2 aromatic carbocycles. The first-order valence-corrected chi connectivity index (χ1v) is 10.9. The zero-order valence-corrected chi connectivity index (χ0v) is 18.0. The average molecular weight is 431 g/mol. The molecule has 0 aliphatic heterocycles. The van der Waals surface area contributed by atoms with Gasteiger partial charge in [0.15, 0.2) is 15.7 Å². The van der Waals surface area contributed by atoms with E-state index in [4.69, 9.17) is 4.74 Å². The molecule has 0 aliphatic carbocycles. The topological polar surface area (TPSA) is 94.1 Å². The summed E-state index contributed by atoms with van der Waals surface area (Å²) in [5.41, 5.74) is 1.82. The molecule has 0 aliphatic rings. The highest BCUT2D eigenvalue weighted by Crippen LogP contribution is 2.29. The van der Waals surface area contributed by atoms with Gasteiger partial charge in [0.25, 0.3) is 0 Å². The van der Waals surface area contributed by atoms with Crippen LogP contribution in [0.5, 0.6) is 5.75 Å². The molecule has 9 heteroatoms. The van der Waals surface area contributed by atoms with Crippen LogP contribution in [0.15, 0.2) is 48.8 Å². The van der Waals surface area contributed by atoms with Crippen LogP contribution in [0.25, 0.3) is 11.4 Å². The predicted molar refractivity (Wildman–Crippen MR) is 114 cm³/mol. The highest BCUT2D eigenvalue weighted by atomic mass is 32.2. The molecule has 3 rings (SSSR count). The third kappa shape index (κ3) is 4.91. The Morgan fingerprint density at radius 2 is 1.87 bits per heavy atom. The van der Waals surface area contributed by atoms with Gasteiger partial charge in [-0.2, -0.15) is 4.98 Å². The van der Waals surface area contributed by atoms with Gasteiger partial charge in [-0.25, -0.2) is 22.8 Å². The van der Waals surface area contributed by atoms with Crippen LogP contribution in [-0.4, -0.2) is 35.2 Å². The third-order valence-electron chi connectivity index (χ3n) is 4.45. The van der Waals surface area contributed by atoms with Gasteiger partial charge in [0.2, 0.25) is 5.95 Å². The van der Waals surface area contributed by atoms with Crippen LogP contribution >= 0.6 is 0 Å². The van der Waals surface area contributed by atoms with Crippen molar-refractivity contribution < 1.29 is 17.5 Å². The normalized spacial score (nSPS) is 11.9. The first-order chi connectivity index (χ1) is 14.1. The number of nitrogens with one attached hydrogen (secondary N) is 1. The zero-order chi connectivity index (χ0) is 21.9. The van der Waals surface area contributed by atoms with E-state index in [1.807, 2.05) is 0 Å². The number of benzene rings is 2. The molecule has 0 atom stereocenters. The fourth-order valence-electron chi connectivity index (χ4n) is 2.64. The van der Waals surface area contributed by atoms with Crippen LogP contribution in [0.2, 0.25) is 0 Å². The number of anilines is 2. The SMILES string of the molecule is COc1cc(F)ccc1-c1ncnc(Nc2cccc(CS(=O)(=O)C(C)(C)C)c2)n1. The minimum absolute atomic E-state index is 0.0682. The molecule has 1 heterocycles. The monoisotopic (exact) mass is 430 g/mol. The number of hydrogen-bond donors (Lipinski definition) is 1. The van der Waals surface area contributed by atoms with Crippen molar-refractivity contribution in [3.63, 3.8) is 0 Å². The maximum absolute atomic E-state index is 13.5. The maximum atomic E-state index is 13.5. The Balaban J connectivity index is 1.86. The molecule has 1 aromatic heterocycles. The predicted octanol–water partition coefficient (Wildman–Crippen LogP) is 4.14. The van der Waals surface area contributed by atoms with Crippen LogP contribution in [-0.2, 0) is 15.6 Å². The van der Waals surface area contributed by atoms with Crippen LogP contribution in [0.1, 0.15) is 26.3 Å². The van der Waals surface area contributed by atoms with E-state index in [2.05, 4.69) is 20.3 Å². The molecule has 0 amide bonds. The molecule has 0 fully saturated rings. The van der Waals surface area contributed by atoms with Crippen LogP contribution in [0, 0.1) is 5.82 Å². The van der Waals surface area contributed by atoms with E-state index in [1.165, 1.54) is 31.6 Å². The van der Waals surface area contributed by atoms with Crippen molar-refractivity contribution in [1.29, 1.82) is 0 Å². The molecule has 0 saturated heterocycles. The number of ether oxygens (including phenoxy) is 1. The quantitative estimate of drug-likeness (QED) is 0.628. The van der Waals surface area contributed by atoms with Gasteiger partial charge in [-0.3, -0.25) is 0 Å². The minimum Gasteiger partial charge on any atom is -0.496 e. The molecule has 0 unspecified atom stereocenters. The fourth-order valence-corrected chi connectivity index (χ4v) is 3.69. The Labute approximate surface area is 175 Å². The first-order valence-electron chi connectivity index (χ1n) is 9.20. The summed E-state index contributed by atoms with van der Waals surface area (Å²) in [6.45, 7) is 5.04. The second kappa shape index (κ2) is 8.35. The molecule has 1 N–H and O–H groups in total. The molecule has 7 nitrogen and oxygen atoms in total. The van der Waals surface area contributed by atoms with Gasteiger partial charge in [-0.1, -0.05) is 12.1 Å². The van der Waals surface area contributed by atoms with Gasteiger partial charge in [-0.15, -0.1) is 0 Å². The van der Waals surface area contributed by atoms with Crippen LogP contribution in [0.3, 0.4) is 0 Å². The van der Waals surface area contributed by atoms with Crippen molar-refractivity contribution in [2.45, 2.75) is 31.3 Å². The van der Waals surface area contributed by atoms with Crippen molar-refractivity contribution in [2.24, 2.45) is 0 Å². The van der Waals surface area contributed by atoms with Crippen LogP contribution in [0.4, 0.5) is 16.0 Å². The molecule has 0 radical (unpaired) electrons. The second-order valence-electron chi connectivity index (χ2n) is 7.67. The van der Waals surface area contributed by atoms with Gasteiger partial charge in [-0.05, 0) is 50.6 Å². The molecule has 0 bridgehead atoms. The number of rotatable bonds is 6. The molecule has 0 spiro atoms. The summed E-state index contributed by atoms with van der Waals surface area (Å²) in [6.07, 6.45) is 1.33. The first kappa shape index (κ1) is 21.6. The van der Waals surface area contributed by atoms with Crippen molar-refractivity contribution >= 4 is 21.5 Å². The third-order valence-corrected chi connectivity index (χ3v) is 7.03. The number of hydrogen-bond acceptors (Lipinski definition) is 7. The highest BCUT2D eigenvalue weighted by molar-refractivity contribution is 7.91. The van der Waals surface area contributed by atoms with E-state index in [9.17, 15) is 12.8 Å². The molecular formula is C21H23FN4O3S. The Morgan fingerprint density at radius 1 is 1.10 bits per heavy atom. The number of nitrogens with zero attached hydrogens (tertiary/aromatic N) is 3. The average Bonchev–Trinajstić information content (AvgIpc) is 2.67. The summed E-state index contributed by atoms with van der Waals surface area (Å²) in [6, 6.07) is 11.1. The van der Waals surface area contributed by atoms with Gasteiger partial charge in [0, 0.05) is 11.8 Å². The van der Waals surface area contributed by atoms with Gasteiger partial charge in [0.1, 0.15) is 17.9 Å². The lowest BCUT2D eigenvalue weighted by molar-refractivity contribution is 0.412. The lowest BCUT2D eigenvalue weighted by Gasteiger charge is -2.19. The number of halogens is 1. The molecule has 30 heavy (non-hydrogen) atoms. The Hall–Kier alpha value is -3.07. The summed E-state index contributed by atoms with van der Waals surface area (Å²) in [5.74, 6) is 0.394. The number of aromatic nitrogens is 3. The minimum atomic E-state index is -3.31. The lowest BCUT2D eigenvalue weighted by Crippen LogP contribution is -2.29. The summed E-state index contributed by atoms with van der Waals surface area (Å²) in [5, 5.41) is 3.06. The second-order valence-corrected chi connectivity index (χ2v) is 10.4. The lowest BCUT2D eigenvalue weighted by atomic mass is 10.2. The van der Waals surface area contributed by atoms with E-state index < -0.39 is 20.4 Å². The fraction of sp³-hybridized carbons (Fsp3) is 0.286. The Bertz CT molecular complexity index is 1160. The van der Waals surface area contributed by atoms with E-state index in [-0.39, 0.29) is 11.7 Å². The summed E-state index contributed by atoms with van der Waals surface area (Å²) in [7, 11) is -1.87. The summed E-state index contributed by atoms with van der Waals surface area (Å²) >= 11 is 0. The number of methoxy groups -OCH3 is 1. The van der Waals surface area contributed by atoms with Gasteiger partial charge in [0.05, 0.1) is 23.2 Å². The van der Waals surface area contributed by atoms with Gasteiger partial charge >= 0.3 is 0 Å². The summed E-state index contributed by atoms with van der Waals surface area (Å²) in [4.78, 5) is 12.6. The smallest absolute Gasteiger partial charge is 0.230 e. The van der Waals surface area contributed by atoms with Crippen molar-refractivity contribution in [3.8, 4) is 17.1 Å². The largest absolute Gasteiger partial charge is 0.496 e. The maximum Gasteiger partial charge on any atom is 0.230 e. The van der Waals surface area contributed by atoms with E-state index in [1.54, 1.807) is 45.0 Å². The highest BCUT2D eigenvalue weighted by Gasteiger charge is 2.29. The molecule has 3 aromatic rings. The van der Waals surface area contributed by atoms with E-state index >= 15 is 0 Å².